The van der Waals surface area contributed by atoms with Gasteiger partial charge in [0.25, 0.3) is 0 Å². The second-order valence-electron chi connectivity index (χ2n) is 7.83. The van der Waals surface area contributed by atoms with Crippen LogP contribution in [0.4, 0.5) is 4.79 Å². The van der Waals surface area contributed by atoms with Crippen molar-refractivity contribution < 1.29 is 23.9 Å². The molecule has 3 unspecified atom stereocenters. The van der Waals surface area contributed by atoms with Crippen molar-refractivity contribution in [1.82, 2.24) is 0 Å². The van der Waals surface area contributed by atoms with Crippen molar-refractivity contribution in [3.05, 3.63) is 65.2 Å². The molecule has 5 nitrogen and oxygen atoms in total. The first-order valence-electron chi connectivity index (χ1n) is 9.70. The van der Waals surface area contributed by atoms with Crippen LogP contribution in [-0.4, -0.2) is 41.0 Å². The molecule has 5 rings (SSSR count). The molecule has 0 saturated carbocycles. The summed E-state index contributed by atoms with van der Waals surface area (Å²) in [5.74, 6) is 0.949. The first kappa shape index (κ1) is 16.6. The lowest BCUT2D eigenvalue weighted by molar-refractivity contribution is -0.845. The topological polar surface area (TPSA) is 55.8 Å². The van der Waals surface area contributed by atoms with Crippen LogP contribution in [0.25, 0.3) is 0 Å². The van der Waals surface area contributed by atoms with Gasteiger partial charge in [-0.1, -0.05) is 36.4 Å². The van der Waals surface area contributed by atoms with Crippen LogP contribution in [0, 0.1) is 0 Å². The van der Waals surface area contributed by atoms with Gasteiger partial charge in [0.1, 0.15) is 18.5 Å². The Morgan fingerprint density at radius 3 is 2.74 bits per heavy atom. The number of fused-ring (bicyclic) bond motifs is 7. The molecule has 2 aromatic carbocycles. The van der Waals surface area contributed by atoms with E-state index >= 15 is 0 Å². The van der Waals surface area contributed by atoms with E-state index in [9.17, 15) is 4.79 Å². The fourth-order valence-corrected chi connectivity index (χ4v) is 5.99. The highest BCUT2D eigenvalue weighted by Gasteiger charge is 2.82. The maximum Gasteiger partial charge on any atom is 0.506 e. The number of hydrogen-bond acceptors (Lipinski definition) is 3. The molecule has 1 spiro atoms. The molecular weight excluding hydrogens is 342 g/mol. The third kappa shape index (κ3) is 2.06. The van der Waals surface area contributed by atoms with E-state index in [4.69, 9.17) is 14.6 Å². The van der Waals surface area contributed by atoms with Gasteiger partial charge in [0.2, 0.25) is 5.54 Å². The van der Waals surface area contributed by atoms with Gasteiger partial charge in [0.05, 0.1) is 18.7 Å². The Hall–Kier alpha value is -2.53. The number of para-hydroxylation sites is 1. The van der Waals surface area contributed by atoms with Crippen LogP contribution in [0.15, 0.2) is 48.5 Å². The quantitative estimate of drug-likeness (QED) is 0.498. The molecule has 0 amide bonds. The molecule has 5 heteroatoms. The molecule has 0 aliphatic carbocycles. The van der Waals surface area contributed by atoms with Crippen molar-refractivity contribution in [3.63, 3.8) is 0 Å². The smallest absolute Gasteiger partial charge is 0.488 e. The number of likely N-dealkylation sites (N-methyl/N-ethyl adjacent to an activating group) is 1. The Bertz CT molecular complexity index is 863. The van der Waals surface area contributed by atoms with Crippen LogP contribution in [0.5, 0.6) is 5.75 Å². The van der Waals surface area contributed by atoms with Gasteiger partial charge in [-0.2, -0.15) is 0 Å². The molecule has 2 aromatic rings. The van der Waals surface area contributed by atoms with Gasteiger partial charge in [-0.3, -0.25) is 4.48 Å². The Labute approximate surface area is 158 Å². The molecule has 0 bridgehead atoms. The highest BCUT2D eigenvalue weighted by atomic mass is 16.7. The van der Waals surface area contributed by atoms with E-state index in [0.717, 1.165) is 36.2 Å². The number of rotatable bonds is 2. The van der Waals surface area contributed by atoms with Crippen molar-refractivity contribution >= 4 is 6.16 Å². The number of hydrogen-bond donors (Lipinski definition) is 1. The van der Waals surface area contributed by atoms with E-state index in [2.05, 4.69) is 49.4 Å². The molecule has 1 N–H and O–H groups in total. The molecule has 3 aliphatic heterocycles. The minimum absolute atomic E-state index is 0.172. The SMILES string of the molecule is CC[N+]12CCC(OC(=O)O)CC1[C@]21c2ccccc2COc2ccccc21. The summed E-state index contributed by atoms with van der Waals surface area (Å²) in [4.78, 5) is 11.1. The molecule has 3 heterocycles. The number of quaternary nitrogens is 1. The summed E-state index contributed by atoms with van der Waals surface area (Å²) >= 11 is 0. The molecule has 0 aromatic heterocycles. The Kier molecular flexibility index (Phi) is 3.53. The van der Waals surface area contributed by atoms with Gasteiger partial charge in [0.15, 0.2) is 6.04 Å². The highest BCUT2D eigenvalue weighted by molar-refractivity contribution is 5.57. The average Bonchev–Trinajstić information content (AvgIpc) is 3.33. The van der Waals surface area contributed by atoms with Crippen molar-refractivity contribution in [2.24, 2.45) is 0 Å². The minimum atomic E-state index is -1.17. The predicted octanol–water partition coefficient (Wildman–Crippen LogP) is 3.90. The summed E-state index contributed by atoms with van der Waals surface area (Å²) in [5, 5.41) is 9.10. The molecule has 2 saturated heterocycles. The van der Waals surface area contributed by atoms with Crippen molar-refractivity contribution in [2.75, 3.05) is 13.1 Å². The van der Waals surface area contributed by atoms with Gasteiger partial charge >= 0.3 is 6.16 Å². The van der Waals surface area contributed by atoms with E-state index in [1.165, 1.54) is 16.7 Å². The number of carbonyl (C=O) groups is 1. The Morgan fingerprint density at radius 1 is 1.22 bits per heavy atom. The summed E-state index contributed by atoms with van der Waals surface area (Å²) in [7, 11) is 0. The van der Waals surface area contributed by atoms with Gasteiger partial charge < -0.3 is 14.6 Å². The zero-order valence-electron chi connectivity index (χ0n) is 15.4. The molecular formula is C22H24NO4+. The lowest BCUT2D eigenvalue weighted by Crippen LogP contribution is -2.41. The van der Waals surface area contributed by atoms with Gasteiger partial charge in [-0.15, -0.1) is 0 Å². The second kappa shape index (κ2) is 5.73. The zero-order valence-corrected chi connectivity index (χ0v) is 15.4. The van der Waals surface area contributed by atoms with Crippen LogP contribution >= 0.6 is 0 Å². The summed E-state index contributed by atoms with van der Waals surface area (Å²) in [6, 6.07) is 17.2. The maximum atomic E-state index is 11.1. The van der Waals surface area contributed by atoms with Gasteiger partial charge in [-0.25, -0.2) is 4.79 Å². The van der Waals surface area contributed by atoms with E-state index in [1.807, 2.05) is 6.07 Å². The van der Waals surface area contributed by atoms with Crippen LogP contribution in [-0.2, 0) is 16.9 Å². The van der Waals surface area contributed by atoms with Gasteiger partial charge in [0, 0.05) is 18.4 Å². The standard InChI is InChI=1S/C22H23NO4/c1-2-23-12-11-16(27-21(24)25)13-20(23)22(23)17-8-4-3-7-15(17)14-26-19-10-6-5-9-18(19)22/h3-10,16,20H,2,11-14H2,1H3/p+1/t16?,20?,22-,23?/m1/s1. The summed E-state index contributed by atoms with van der Waals surface area (Å²) in [6.07, 6.45) is 0.121. The van der Waals surface area contributed by atoms with Crippen molar-refractivity contribution in [1.29, 1.82) is 0 Å². The molecule has 0 radical (unpaired) electrons. The molecule has 140 valence electrons. The summed E-state index contributed by atoms with van der Waals surface area (Å²) < 4.78 is 12.4. The fraction of sp³-hybridized carbons (Fsp3) is 0.409. The van der Waals surface area contributed by atoms with Crippen molar-refractivity contribution in [2.45, 2.75) is 44.1 Å². The predicted molar refractivity (Wildman–Crippen MR) is 99.6 cm³/mol. The zero-order chi connectivity index (χ0) is 18.6. The minimum Gasteiger partial charge on any atom is -0.488 e. The van der Waals surface area contributed by atoms with Crippen LogP contribution in [0.1, 0.15) is 36.5 Å². The summed E-state index contributed by atoms with van der Waals surface area (Å²) in [5.41, 5.74) is 3.62. The van der Waals surface area contributed by atoms with E-state index < -0.39 is 6.16 Å². The molecule has 4 atom stereocenters. The lowest BCUT2D eigenvalue weighted by atomic mass is 9.83. The third-order valence-corrected chi connectivity index (χ3v) is 6.99. The van der Waals surface area contributed by atoms with Crippen molar-refractivity contribution in [3.8, 4) is 5.75 Å². The molecule has 27 heavy (non-hydrogen) atoms. The monoisotopic (exact) mass is 366 g/mol. The largest absolute Gasteiger partial charge is 0.506 e. The third-order valence-electron chi connectivity index (χ3n) is 6.99. The van der Waals surface area contributed by atoms with Crippen LogP contribution in [0.3, 0.4) is 0 Å². The lowest BCUT2D eigenvalue weighted by Gasteiger charge is -2.30. The Balaban J connectivity index is 1.70. The van der Waals surface area contributed by atoms with E-state index in [1.54, 1.807) is 0 Å². The Morgan fingerprint density at radius 2 is 1.96 bits per heavy atom. The highest BCUT2D eigenvalue weighted by Crippen LogP contribution is 2.68. The van der Waals surface area contributed by atoms with Crippen LogP contribution in [0.2, 0.25) is 0 Å². The average molecular weight is 366 g/mol. The maximum absolute atomic E-state index is 11.1. The molecule has 3 aliphatic rings. The number of carboxylic acid groups (broad SMARTS) is 1. The molecule has 2 fully saturated rings. The van der Waals surface area contributed by atoms with Gasteiger partial charge in [-0.05, 0) is 24.6 Å². The second-order valence-corrected chi connectivity index (χ2v) is 7.83. The normalized spacial score (nSPS) is 33.1. The van der Waals surface area contributed by atoms with E-state index in [-0.39, 0.29) is 11.6 Å². The van der Waals surface area contributed by atoms with Crippen LogP contribution < -0.4 is 4.74 Å². The first-order valence-corrected chi connectivity index (χ1v) is 9.70. The number of piperidine rings is 1. The summed E-state index contributed by atoms with van der Waals surface area (Å²) in [6.45, 7) is 4.74. The number of nitrogens with zero attached hydrogens (tertiary/aromatic N) is 1. The fourth-order valence-electron chi connectivity index (χ4n) is 5.99. The number of ether oxygens (including phenoxy) is 2. The first-order chi connectivity index (χ1) is 13.1. The number of benzene rings is 2. The van der Waals surface area contributed by atoms with E-state index in [0.29, 0.717) is 12.6 Å².